The highest BCUT2D eigenvalue weighted by Gasteiger charge is 2.27. The maximum atomic E-state index is 13.0. The van der Waals surface area contributed by atoms with Gasteiger partial charge in [0.2, 0.25) is 0 Å². The number of amides is 1. The van der Waals surface area contributed by atoms with Crippen LogP contribution in [-0.2, 0) is 6.42 Å². The van der Waals surface area contributed by atoms with Crippen LogP contribution in [0.25, 0.3) is 16.5 Å². The predicted octanol–water partition coefficient (Wildman–Crippen LogP) is 6.28. The Bertz CT molecular complexity index is 1130. The molecule has 0 bridgehead atoms. The molecule has 4 nitrogen and oxygen atoms in total. The van der Waals surface area contributed by atoms with Gasteiger partial charge in [-0.05, 0) is 67.6 Å². The third-order valence-corrected chi connectivity index (χ3v) is 6.74. The van der Waals surface area contributed by atoms with E-state index in [0.717, 1.165) is 53.6 Å². The Morgan fingerprint density at radius 2 is 2.10 bits per heavy atom. The van der Waals surface area contributed by atoms with Gasteiger partial charge in [-0.15, -0.1) is 0 Å². The van der Waals surface area contributed by atoms with Crippen LogP contribution in [0.1, 0.15) is 60.5 Å². The van der Waals surface area contributed by atoms with E-state index >= 15 is 0 Å². The van der Waals surface area contributed by atoms with Crippen LogP contribution in [0.2, 0.25) is 0 Å². The van der Waals surface area contributed by atoms with Gasteiger partial charge in [0.05, 0.1) is 6.26 Å². The fourth-order valence-electron chi connectivity index (χ4n) is 5.10. The molecule has 3 aromatic rings. The molecule has 160 valence electrons. The minimum Gasteiger partial charge on any atom is -0.464 e. The number of benzene rings is 2. The molecular formula is C27H30N2O2. The highest BCUT2D eigenvalue weighted by Crippen LogP contribution is 2.36. The molecular weight excluding hydrogens is 384 g/mol. The topological polar surface area (TPSA) is 45.5 Å². The molecule has 31 heavy (non-hydrogen) atoms. The first-order valence-corrected chi connectivity index (χ1v) is 11.6. The normalized spacial score (nSPS) is 19.1. The lowest BCUT2D eigenvalue weighted by atomic mass is 9.89. The first kappa shape index (κ1) is 20.1. The van der Waals surface area contributed by atoms with Crippen molar-refractivity contribution in [2.75, 3.05) is 18.4 Å². The first-order valence-electron chi connectivity index (χ1n) is 11.6. The lowest BCUT2D eigenvalue weighted by Gasteiger charge is -2.38. The molecule has 0 spiro atoms. The van der Waals surface area contributed by atoms with Crippen molar-refractivity contribution >= 4 is 28.1 Å². The zero-order valence-electron chi connectivity index (χ0n) is 18.2. The van der Waals surface area contributed by atoms with E-state index in [1.165, 1.54) is 36.9 Å². The van der Waals surface area contributed by atoms with Gasteiger partial charge in [0.25, 0.3) is 5.91 Å². The van der Waals surface area contributed by atoms with Crippen molar-refractivity contribution in [3.05, 3.63) is 71.5 Å². The van der Waals surface area contributed by atoms with Gasteiger partial charge in [0.15, 0.2) is 0 Å². The van der Waals surface area contributed by atoms with E-state index in [2.05, 4.69) is 29.3 Å². The number of piperidine rings is 1. The number of furan rings is 1. The fraction of sp³-hybridized carbons (Fsp3) is 0.370. The van der Waals surface area contributed by atoms with E-state index in [4.69, 9.17) is 4.42 Å². The zero-order chi connectivity index (χ0) is 21.2. The summed E-state index contributed by atoms with van der Waals surface area (Å²) in [5, 5.41) is 4.18. The first-order chi connectivity index (χ1) is 15.2. The number of carbonyl (C=O) groups excluding carboxylic acids is 1. The van der Waals surface area contributed by atoms with E-state index < -0.39 is 0 Å². The minimum absolute atomic E-state index is 0.0526. The molecule has 3 heterocycles. The molecule has 1 atom stereocenters. The quantitative estimate of drug-likeness (QED) is 0.534. The Morgan fingerprint density at radius 3 is 3.00 bits per heavy atom. The van der Waals surface area contributed by atoms with Crippen molar-refractivity contribution in [2.24, 2.45) is 0 Å². The molecule has 4 heteroatoms. The summed E-state index contributed by atoms with van der Waals surface area (Å²) in [5.74, 6) is -0.0526. The maximum Gasteiger partial charge on any atom is 0.255 e. The van der Waals surface area contributed by atoms with Gasteiger partial charge in [0, 0.05) is 34.8 Å². The summed E-state index contributed by atoms with van der Waals surface area (Å²) < 4.78 is 5.87. The number of hydrogen-bond acceptors (Lipinski definition) is 3. The molecule has 1 N–H and O–H groups in total. The summed E-state index contributed by atoms with van der Waals surface area (Å²) in [6.07, 6.45) is 11.2. The Kier molecular flexibility index (Phi) is 5.65. The third kappa shape index (κ3) is 4.05. The number of nitrogens with one attached hydrogen (secondary N) is 1. The molecule has 1 saturated heterocycles. The van der Waals surface area contributed by atoms with E-state index in [0.29, 0.717) is 6.04 Å². The molecule has 2 aliphatic rings. The minimum atomic E-state index is -0.0526. The number of anilines is 1. The molecule has 1 fully saturated rings. The second-order valence-corrected chi connectivity index (χ2v) is 8.80. The van der Waals surface area contributed by atoms with Crippen LogP contribution in [0.4, 0.5) is 5.69 Å². The number of aryl methyl sites for hydroxylation is 1. The molecule has 2 aromatic carbocycles. The fourth-order valence-corrected chi connectivity index (χ4v) is 5.10. The Balaban J connectivity index is 1.41. The van der Waals surface area contributed by atoms with E-state index in [1.54, 1.807) is 0 Å². The lowest BCUT2D eigenvalue weighted by molar-refractivity contribution is 0.102. The largest absolute Gasteiger partial charge is 0.464 e. The van der Waals surface area contributed by atoms with Gasteiger partial charge in [0.1, 0.15) is 5.58 Å². The summed E-state index contributed by atoms with van der Waals surface area (Å²) in [6, 6.07) is 14.5. The van der Waals surface area contributed by atoms with E-state index in [1.807, 2.05) is 42.7 Å². The zero-order valence-corrected chi connectivity index (χ0v) is 18.2. The number of hydrogen-bond donors (Lipinski definition) is 1. The summed E-state index contributed by atoms with van der Waals surface area (Å²) in [5.41, 5.74) is 6.07. The summed E-state index contributed by atoms with van der Waals surface area (Å²) in [4.78, 5) is 15.6. The average Bonchev–Trinajstić information content (AvgIpc) is 3.22. The van der Waals surface area contributed by atoms with Crippen molar-refractivity contribution in [1.29, 1.82) is 0 Å². The summed E-state index contributed by atoms with van der Waals surface area (Å²) in [6.45, 7) is 4.38. The third-order valence-electron chi connectivity index (χ3n) is 6.74. The molecule has 1 amide bonds. The molecule has 0 aliphatic carbocycles. The van der Waals surface area contributed by atoms with Crippen LogP contribution in [0.5, 0.6) is 0 Å². The number of fused-ring (bicyclic) bond motifs is 2. The van der Waals surface area contributed by atoms with Crippen LogP contribution >= 0.6 is 0 Å². The monoisotopic (exact) mass is 414 g/mol. The van der Waals surface area contributed by atoms with Gasteiger partial charge in [-0.2, -0.15) is 0 Å². The van der Waals surface area contributed by atoms with Gasteiger partial charge < -0.3 is 9.73 Å². The molecule has 0 saturated carbocycles. The van der Waals surface area contributed by atoms with Crippen LogP contribution in [0.15, 0.2) is 59.2 Å². The van der Waals surface area contributed by atoms with Crippen LogP contribution in [-0.4, -0.2) is 29.9 Å². The number of nitrogens with zero attached hydrogens (tertiary/aromatic N) is 1. The SMILES string of the molecule is CCCc1ccccc1C(=O)Nc1ccc2occ(C3=CCN4CCCCC4C3)c2c1. The van der Waals surface area contributed by atoms with Crippen LogP contribution < -0.4 is 5.32 Å². The molecule has 1 aromatic heterocycles. The Morgan fingerprint density at radius 1 is 1.19 bits per heavy atom. The van der Waals surface area contributed by atoms with Crippen LogP contribution in [0.3, 0.4) is 0 Å². The van der Waals surface area contributed by atoms with Gasteiger partial charge in [-0.1, -0.05) is 44.0 Å². The van der Waals surface area contributed by atoms with Gasteiger partial charge in [-0.3, -0.25) is 9.69 Å². The van der Waals surface area contributed by atoms with Crippen molar-refractivity contribution in [2.45, 2.75) is 51.5 Å². The van der Waals surface area contributed by atoms with Crippen molar-refractivity contribution in [3.8, 4) is 0 Å². The number of rotatable bonds is 5. The lowest BCUT2D eigenvalue weighted by Crippen LogP contribution is -2.41. The molecule has 0 radical (unpaired) electrons. The Hall–Kier alpha value is -2.85. The smallest absolute Gasteiger partial charge is 0.255 e. The van der Waals surface area contributed by atoms with Crippen molar-refractivity contribution < 1.29 is 9.21 Å². The second-order valence-electron chi connectivity index (χ2n) is 8.80. The molecule has 1 unspecified atom stereocenters. The van der Waals surface area contributed by atoms with Gasteiger partial charge in [-0.25, -0.2) is 0 Å². The highest BCUT2D eigenvalue weighted by atomic mass is 16.3. The maximum absolute atomic E-state index is 13.0. The average molecular weight is 415 g/mol. The van der Waals surface area contributed by atoms with E-state index in [-0.39, 0.29) is 5.91 Å². The molecule has 5 rings (SSSR count). The van der Waals surface area contributed by atoms with Crippen molar-refractivity contribution in [3.63, 3.8) is 0 Å². The van der Waals surface area contributed by atoms with Crippen molar-refractivity contribution in [1.82, 2.24) is 4.90 Å². The number of carbonyl (C=O) groups is 1. The molecule has 2 aliphatic heterocycles. The second kappa shape index (κ2) is 8.72. The summed E-state index contributed by atoms with van der Waals surface area (Å²) in [7, 11) is 0. The van der Waals surface area contributed by atoms with E-state index in [9.17, 15) is 4.79 Å². The highest BCUT2D eigenvalue weighted by molar-refractivity contribution is 6.06. The summed E-state index contributed by atoms with van der Waals surface area (Å²) >= 11 is 0. The van der Waals surface area contributed by atoms with Crippen LogP contribution in [0, 0.1) is 0 Å². The standard InChI is InChI=1S/C27H30N2O2/c1-2-7-19-8-3-4-10-23(19)27(30)28-21-11-12-26-24(17-21)25(18-31-26)20-13-15-29-14-6-5-9-22(29)16-20/h3-4,8,10-13,17-18,22H,2,5-7,9,14-16H2,1H3,(H,28,30). The predicted molar refractivity (Wildman–Crippen MR) is 126 cm³/mol. The van der Waals surface area contributed by atoms with Gasteiger partial charge >= 0.3 is 0 Å². The Labute approximate surface area is 183 Å².